The van der Waals surface area contributed by atoms with Gasteiger partial charge in [0.15, 0.2) is 0 Å². The third kappa shape index (κ3) is 2.63. The highest BCUT2D eigenvalue weighted by molar-refractivity contribution is 7.80. The fourth-order valence-corrected chi connectivity index (χ4v) is 2.44. The summed E-state index contributed by atoms with van der Waals surface area (Å²) in [6, 6.07) is 4.48. The lowest BCUT2D eigenvalue weighted by Crippen LogP contribution is -2.50. The van der Waals surface area contributed by atoms with E-state index in [0.29, 0.717) is 12.8 Å². The number of benzene rings is 1. The number of hydrogen-bond acceptors (Lipinski definition) is 2. The maximum atomic E-state index is 12.6. The van der Waals surface area contributed by atoms with Gasteiger partial charge in [0.1, 0.15) is 0 Å². The number of anilines is 1. The quantitative estimate of drug-likeness (QED) is 0.844. The number of rotatable bonds is 3. The van der Waals surface area contributed by atoms with Gasteiger partial charge in [-0.25, -0.2) is 0 Å². The summed E-state index contributed by atoms with van der Waals surface area (Å²) >= 11 is 4.90. The summed E-state index contributed by atoms with van der Waals surface area (Å²) in [6.07, 6.45) is -2.55. The molecule has 20 heavy (non-hydrogen) atoms. The molecule has 1 aromatic carbocycles. The largest absolute Gasteiger partial charge is 0.416 e. The normalized spacial score (nSPS) is 17.1. The topological polar surface area (TPSA) is 55.1 Å². The summed E-state index contributed by atoms with van der Waals surface area (Å²) in [7, 11) is 0. The van der Waals surface area contributed by atoms with Crippen LogP contribution in [0.15, 0.2) is 24.3 Å². The van der Waals surface area contributed by atoms with Gasteiger partial charge < -0.3 is 11.1 Å². The average molecular weight is 302 g/mol. The molecule has 1 fully saturated rings. The predicted octanol–water partition coefficient (Wildman–Crippen LogP) is 3.10. The average Bonchev–Trinajstić information content (AvgIpc) is 2.25. The van der Waals surface area contributed by atoms with E-state index < -0.39 is 23.1 Å². The van der Waals surface area contributed by atoms with Crippen molar-refractivity contribution >= 4 is 28.8 Å². The smallest absolute Gasteiger partial charge is 0.392 e. The zero-order valence-electron chi connectivity index (χ0n) is 10.5. The van der Waals surface area contributed by atoms with Gasteiger partial charge in [-0.1, -0.05) is 24.7 Å². The predicted molar refractivity (Wildman–Crippen MR) is 73.1 cm³/mol. The van der Waals surface area contributed by atoms with Gasteiger partial charge in [-0.2, -0.15) is 13.2 Å². The Balaban J connectivity index is 2.18. The highest BCUT2D eigenvalue weighted by Gasteiger charge is 2.47. The highest BCUT2D eigenvalue weighted by Crippen LogP contribution is 2.42. The maximum absolute atomic E-state index is 12.6. The van der Waals surface area contributed by atoms with Crippen LogP contribution in [0.3, 0.4) is 0 Å². The van der Waals surface area contributed by atoms with Gasteiger partial charge in [0, 0.05) is 5.69 Å². The van der Waals surface area contributed by atoms with E-state index in [2.05, 4.69) is 5.32 Å². The molecular weight excluding hydrogens is 289 g/mol. The van der Waals surface area contributed by atoms with Gasteiger partial charge in [-0.05, 0) is 31.0 Å². The van der Waals surface area contributed by atoms with Crippen molar-refractivity contribution in [3.05, 3.63) is 29.8 Å². The Morgan fingerprint density at radius 3 is 2.45 bits per heavy atom. The van der Waals surface area contributed by atoms with Crippen molar-refractivity contribution in [3.63, 3.8) is 0 Å². The minimum absolute atomic E-state index is 0.0901. The first-order valence-corrected chi connectivity index (χ1v) is 6.45. The number of halogens is 3. The van der Waals surface area contributed by atoms with Crippen LogP contribution in [0.25, 0.3) is 0 Å². The van der Waals surface area contributed by atoms with Gasteiger partial charge in [-0.3, -0.25) is 4.79 Å². The molecule has 2 rings (SSSR count). The van der Waals surface area contributed by atoms with E-state index in [0.717, 1.165) is 18.6 Å². The van der Waals surface area contributed by atoms with E-state index >= 15 is 0 Å². The van der Waals surface area contributed by atoms with E-state index in [1.807, 2.05) is 0 Å². The molecular formula is C13H13F3N2OS. The molecule has 1 aliphatic rings. The van der Waals surface area contributed by atoms with Crippen LogP contribution in [0.2, 0.25) is 0 Å². The van der Waals surface area contributed by atoms with Crippen molar-refractivity contribution in [3.8, 4) is 0 Å². The minimum Gasteiger partial charge on any atom is -0.392 e. The fourth-order valence-electron chi connectivity index (χ4n) is 2.14. The van der Waals surface area contributed by atoms with Gasteiger partial charge in [-0.15, -0.1) is 0 Å². The number of hydrogen-bond donors (Lipinski definition) is 2. The van der Waals surface area contributed by atoms with Crippen LogP contribution in [-0.4, -0.2) is 10.9 Å². The number of amides is 1. The zero-order chi connectivity index (χ0) is 15.0. The van der Waals surface area contributed by atoms with Crippen molar-refractivity contribution in [2.45, 2.75) is 25.4 Å². The third-order valence-corrected chi connectivity index (χ3v) is 3.95. The van der Waals surface area contributed by atoms with E-state index in [4.69, 9.17) is 18.0 Å². The van der Waals surface area contributed by atoms with Crippen LogP contribution in [-0.2, 0) is 11.0 Å². The van der Waals surface area contributed by atoms with E-state index in [9.17, 15) is 18.0 Å². The van der Waals surface area contributed by atoms with Crippen molar-refractivity contribution in [2.75, 3.05) is 5.32 Å². The van der Waals surface area contributed by atoms with E-state index in [-0.39, 0.29) is 10.7 Å². The molecule has 1 amide bonds. The number of thiocarbonyl (C=S) groups is 1. The number of nitrogens with one attached hydrogen (secondary N) is 1. The van der Waals surface area contributed by atoms with Crippen LogP contribution < -0.4 is 11.1 Å². The van der Waals surface area contributed by atoms with Gasteiger partial charge >= 0.3 is 6.18 Å². The molecule has 0 radical (unpaired) electrons. The maximum Gasteiger partial charge on any atom is 0.416 e. The van der Waals surface area contributed by atoms with Crippen LogP contribution in [0, 0.1) is 5.41 Å². The first-order chi connectivity index (χ1) is 9.25. The number of carbonyl (C=O) groups excluding carboxylic acids is 1. The molecule has 1 saturated carbocycles. The van der Waals surface area contributed by atoms with Crippen molar-refractivity contribution in [1.82, 2.24) is 0 Å². The van der Waals surface area contributed by atoms with Crippen molar-refractivity contribution < 1.29 is 18.0 Å². The van der Waals surface area contributed by atoms with Gasteiger partial charge in [0.25, 0.3) is 0 Å². The lowest BCUT2D eigenvalue weighted by molar-refractivity contribution is -0.137. The SMILES string of the molecule is NC(=S)C1(C(=O)Nc2cccc(C(F)(F)F)c2)CCC1. The molecule has 1 aromatic rings. The number of alkyl halides is 3. The van der Waals surface area contributed by atoms with Crippen LogP contribution in [0.4, 0.5) is 18.9 Å². The molecule has 0 bridgehead atoms. The van der Waals surface area contributed by atoms with Gasteiger partial charge in [0.2, 0.25) is 5.91 Å². The molecule has 108 valence electrons. The molecule has 0 spiro atoms. The van der Waals surface area contributed by atoms with Crippen LogP contribution in [0.5, 0.6) is 0 Å². The van der Waals surface area contributed by atoms with E-state index in [1.165, 1.54) is 12.1 Å². The van der Waals surface area contributed by atoms with E-state index in [1.54, 1.807) is 0 Å². The first-order valence-electron chi connectivity index (χ1n) is 6.04. The molecule has 0 atom stereocenters. The fraction of sp³-hybridized carbons (Fsp3) is 0.385. The second-order valence-electron chi connectivity index (χ2n) is 4.83. The van der Waals surface area contributed by atoms with Crippen LogP contribution in [0.1, 0.15) is 24.8 Å². The zero-order valence-corrected chi connectivity index (χ0v) is 11.3. The van der Waals surface area contributed by atoms with Crippen molar-refractivity contribution in [2.24, 2.45) is 11.1 Å². The summed E-state index contributed by atoms with van der Waals surface area (Å²) in [5.74, 6) is -0.435. The van der Waals surface area contributed by atoms with Crippen LogP contribution >= 0.6 is 12.2 Å². The minimum atomic E-state index is -4.45. The molecule has 0 saturated heterocycles. The Morgan fingerprint density at radius 2 is 2.00 bits per heavy atom. The number of nitrogens with two attached hydrogens (primary N) is 1. The molecule has 0 aliphatic heterocycles. The highest BCUT2D eigenvalue weighted by atomic mass is 32.1. The third-order valence-electron chi connectivity index (χ3n) is 3.56. The second-order valence-corrected chi connectivity index (χ2v) is 5.27. The first kappa shape index (κ1) is 14.8. The van der Waals surface area contributed by atoms with Crippen molar-refractivity contribution in [1.29, 1.82) is 0 Å². The summed E-state index contributed by atoms with van der Waals surface area (Å²) < 4.78 is 37.8. The Kier molecular flexibility index (Phi) is 3.73. The second kappa shape index (κ2) is 5.05. The molecule has 3 nitrogen and oxygen atoms in total. The monoisotopic (exact) mass is 302 g/mol. The standard InChI is InChI=1S/C13H13F3N2OS/c14-13(15,16)8-3-1-4-9(7-8)18-11(19)12(10(17)20)5-2-6-12/h1,3-4,7H,2,5-6H2,(H2,17,20)(H,18,19). The molecule has 1 aliphatic carbocycles. The lowest BCUT2D eigenvalue weighted by atomic mass is 9.68. The number of carbonyl (C=O) groups is 1. The Morgan fingerprint density at radius 1 is 1.35 bits per heavy atom. The summed E-state index contributed by atoms with van der Waals surface area (Å²) in [6.45, 7) is 0. The Bertz CT molecular complexity index is 553. The Hall–Kier alpha value is -1.63. The molecule has 7 heteroatoms. The lowest BCUT2D eigenvalue weighted by Gasteiger charge is -2.39. The van der Waals surface area contributed by atoms with Gasteiger partial charge in [0.05, 0.1) is 16.0 Å². The molecule has 0 aromatic heterocycles. The molecule has 0 unspecified atom stereocenters. The Labute approximate surface area is 119 Å². The molecule has 0 heterocycles. The summed E-state index contributed by atoms with van der Waals surface area (Å²) in [5.41, 5.74) is 3.94. The molecule has 3 N–H and O–H groups in total. The summed E-state index contributed by atoms with van der Waals surface area (Å²) in [4.78, 5) is 12.3. The summed E-state index contributed by atoms with van der Waals surface area (Å²) in [5, 5.41) is 2.47.